The van der Waals surface area contributed by atoms with E-state index in [1.807, 2.05) is 12.1 Å². The fourth-order valence-corrected chi connectivity index (χ4v) is 2.40. The van der Waals surface area contributed by atoms with Crippen molar-refractivity contribution in [3.8, 4) is 0 Å². The summed E-state index contributed by atoms with van der Waals surface area (Å²) in [6, 6.07) is 13.5. The zero-order chi connectivity index (χ0) is 14.5. The van der Waals surface area contributed by atoms with E-state index in [4.69, 9.17) is 0 Å². The van der Waals surface area contributed by atoms with E-state index < -0.39 is 0 Å². The third-order valence-electron chi connectivity index (χ3n) is 3.33. The predicted octanol–water partition coefficient (Wildman–Crippen LogP) is 4.62. The van der Waals surface area contributed by atoms with Gasteiger partial charge in [0.1, 0.15) is 5.82 Å². The van der Waals surface area contributed by atoms with Gasteiger partial charge in [0, 0.05) is 17.1 Å². The number of hydrogen-bond acceptors (Lipinski definition) is 1. The summed E-state index contributed by atoms with van der Waals surface area (Å²) in [5.74, 6) is -0.181. The number of nitrogens with one attached hydrogen (secondary N) is 1. The second-order valence-electron chi connectivity index (χ2n) is 5.20. The molecular formula is C17H19BrFN. The minimum atomic E-state index is -0.181. The normalized spacial score (nSPS) is 12.4. The van der Waals surface area contributed by atoms with Crippen molar-refractivity contribution < 1.29 is 4.39 Å². The summed E-state index contributed by atoms with van der Waals surface area (Å²) in [6.07, 6.45) is 0.899. The molecule has 106 valence electrons. The highest BCUT2D eigenvalue weighted by Crippen LogP contribution is 2.17. The number of rotatable bonds is 5. The van der Waals surface area contributed by atoms with Crippen molar-refractivity contribution in [3.05, 3.63) is 69.4 Å². The summed E-state index contributed by atoms with van der Waals surface area (Å²) in [4.78, 5) is 0. The Morgan fingerprint density at radius 1 is 1.10 bits per heavy atom. The topological polar surface area (TPSA) is 12.0 Å². The highest BCUT2D eigenvalue weighted by molar-refractivity contribution is 9.10. The molecule has 0 fully saturated rings. The molecule has 0 amide bonds. The first-order valence-corrected chi connectivity index (χ1v) is 7.57. The molecule has 0 aromatic heterocycles. The molecule has 1 unspecified atom stereocenters. The van der Waals surface area contributed by atoms with E-state index >= 15 is 0 Å². The van der Waals surface area contributed by atoms with Crippen molar-refractivity contribution in [2.75, 3.05) is 0 Å². The second kappa shape index (κ2) is 7.00. The number of halogens is 2. The largest absolute Gasteiger partial charge is 0.310 e. The zero-order valence-electron chi connectivity index (χ0n) is 11.8. The van der Waals surface area contributed by atoms with Crippen LogP contribution in [0.25, 0.3) is 0 Å². The maximum atomic E-state index is 12.8. The molecule has 0 saturated carbocycles. The Morgan fingerprint density at radius 2 is 1.75 bits per heavy atom. The minimum Gasteiger partial charge on any atom is -0.310 e. The number of hydrogen-bond donors (Lipinski definition) is 1. The van der Waals surface area contributed by atoms with Gasteiger partial charge in [-0.15, -0.1) is 0 Å². The van der Waals surface area contributed by atoms with Gasteiger partial charge in [0.25, 0.3) is 0 Å². The van der Waals surface area contributed by atoms with Crippen LogP contribution < -0.4 is 5.32 Å². The van der Waals surface area contributed by atoms with Gasteiger partial charge in [-0.1, -0.05) is 40.2 Å². The Hall–Kier alpha value is -1.19. The summed E-state index contributed by atoms with van der Waals surface area (Å²) in [6.45, 7) is 5.08. The Morgan fingerprint density at radius 3 is 2.40 bits per heavy atom. The van der Waals surface area contributed by atoms with Gasteiger partial charge in [-0.25, -0.2) is 4.39 Å². The van der Waals surface area contributed by atoms with Crippen LogP contribution in [-0.2, 0) is 13.0 Å². The SMILES string of the molecule is Cc1cc(CNC(C)Cc2ccc(F)cc2)ccc1Br. The van der Waals surface area contributed by atoms with Crippen molar-refractivity contribution in [2.45, 2.75) is 32.9 Å². The monoisotopic (exact) mass is 335 g/mol. The molecule has 2 aromatic rings. The lowest BCUT2D eigenvalue weighted by Crippen LogP contribution is -2.27. The first-order valence-electron chi connectivity index (χ1n) is 6.77. The molecule has 0 saturated heterocycles. The molecule has 0 heterocycles. The summed E-state index contributed by atoms with van der Waals surface area (Å²) < 4.78 is 14.0. The Kier molecular flexibility index (Phi) is 5.32. The third-order valence-corrected chi connectivity index (χ3v) is 4.22. The zero-order valence-corrected chi connectivity index (χ0v) is 13.4. The Balaban J connectivity index is 1.86. The molecule has 3 heteroatoms. The first kappa shape index (κ1) is 15.2. The van der Waals surface area contributed by atoms with Crippen molar-refractivity contribution in [3.63, 3.8) is 0 Å². The van der Waals surface area contributed by atoms with Crippen LogP contribution in [-0.4, -0.2) is 6.04 Å². The number of aryl methyl sites for hydroxylation is 1. The average Bonchev–Trinajstić information content (AvgIpc) is 2.43. The van der Waals surface area contributed by atoms with Gasteiger partial charge in [0.15, 0.2) is 0 Å². The van der Waals surface area contributed by atoms with Gasteiger partial charge < -0.3 is 5.32 Å². The lowest BCUT2D eigenvalue weighted by Gasteiger charge is -2.14. The molecule has 0 aliphatic carbocycles. The van der Waals surface area contributed by atoms with Crippen molar-refractivity contribution in [1.82, 2.24) is 5.32 Å². The molecule has 2 aromatic carbocycles. The van der Waals surface area contributed by atoms with E-state index in [-0.39, 0.29) is 5.82 Å². The summed E-state index contributed by atoms with van der Waals surface area (Å²) in [7, 11) is 0. The first-order chi connectivity index (χ1) is 9.54. The molecule has 0 aliphatic heterocycles. The van der Waals surface area contributed by atoms with E-state index in [9.17, 15) is 4.39 Å². The van der Waals surface area contributed by atoms with Crippen LogP contribution >= 0.6 is 15.9 Å². The molecule has 0 bridgehead atoms. The van der Waals surface area contributed by atoms with E-state index in [1.165, 1.54) is 23.3 Å². The van der Waals surface area contributed by atoms with Gasteiger partial charge in [-0.05, 0) is 55.2 Å². The van der Waals surface area contributed by atoms with Crippen LogP contribution in [0.2, 0.25) is 0 Å². The van der Waals surface area contributed by atoms with Gasteiger partial charge >= 0.3 is 0 Å². The highest BCUT2D eigenvalue weighted by Gasteiger charge is 2.04. The van der Waals surface area contributed by atoms with Crippen molar-refractivity contribution in [1.29, 1.82) is 0 Å². The smallest absolute Gasteiger partial charge is 0.123 e. The van der Waals surface area contributed by atoms with Crippen LogP contribution in [0.4, 0.5) is 4.39 Å². The molecule has 0 spiro atoms. The van der Waals surface area contributed by atoms with E-state index in [0.29, 0.717) is 6.04 Å². The summed E-state index contributed by atoms with van der Waals surface area (Å²) >= 11 is 3.51. The minimum absolute atomic E-state index is 0.181. The third kappa shape index (κ3) is 4.43. The fraction of sp³-hybridized carbons (Fsp3) is 0.294. The standard InChI is InChI=1S/C17H19BrFN/c1-12-9-15(5-8-17(12)18)11-20-13(2)10-14-3-6-16(19)7-4-14/h3-9,13,20H,10-11H2,1-2H3. The average molecular weight is 336 g/mol. The van der Waals surface area contributed by atoms with Crippen LogP contribution in [0, 0.1) is 12.7 Å². The molecular weight excluding hydrogens is 317 g/mol. The summed E-state index contributed by atoms with van der Waals surface area (Å²) in [5, 5.41) is 3.50. The molecule has 0 aliphatic rings. The molecule has 2 rings (SSSR count). The van der Waals surface area contributed by atoms with Crippen molar-refractivity contribution >= 4 is 15.9 Å². The van der Waals surface area contributed by atoms with Crippen LogP contribution in [0.1, 0.15) is 23.6 Å². The molecule has 1 atom stereocenters. The Bertz CT molecular complexity index is 566. The lowest BCUT2D eigenvalue weighted by molar-refractivity contribution is 0.544. The fourth-order valence-electron chi connectivity index (χ4n) is 2.16. The lowest BCUT2D eigenvalue weighted by atomic mass is 10.1. The number of benzene rings is 2. The predicted molar refractivity (Wildman–Crippen MR) is 85.3 cm³/mol. The second-order valence-corrected chi connectivity index (χ2v) is 6.05. The van der Waals surface area contributed by atoms with Gasteiger partial charge in [-0.3, -0.25) is 0 Å². The van der Waals surface area contributed by atoms with Gasteiger partial charge in [-0.2, -0.15) is 0 Å². The molecule has 20 heavy (non-hydrogen) atoms. The van der Waals surface area contributed by atoms with Gasteiger partial charge in [0.05, 0.1) is 0 Å². The van der Waals surface area contributed by atoms with Crippen LogP contribution in [0.15, 0.2) is 46.9 Å². The maximum absolute atomic E-state index is 12.8. The van der Waals surface area contributed by atoms with Gasteiger partial charge in [0.2, 0.25) is 0 Å². The quantitative estimate of drug-likeness (QED) is 0.840. The van der Waals surface area contributed by atoms with E-state index in [2.05, 4.69) is 53.3 Å². The molecule has 0 radical (unpaired) electrons. The molecule has 1 nitrogen and oxygen atoms in total. The maximum Gasteiger partial charge on any atom is 0.123 e. The summed E-state index contributed by atoms with van der Waals surface area (Å²) in [5.41, 5.74) is 3.67. The molecule has 1 N–H and O–H groups in total. The van der Waals surface area contributed by atoms with E-state index in [0.717, 1.165) is 23.0 Å². The Labute approximate surface area is 128 Å². The van der Waals surface area contributed by atoms with E-state index in [1.54, 1.807) is 0 Å². The van der Waals surface area contributed by atoms with Crippen LogP contribution in [0.3, 0.4) is 0 Å². The van der Waals surface area contributed by atoms with Crippen LogP contribution in [0.5, 0.6) is 0 Å². The highest BCUT2D eigenvalue weighted by atomic mass is 79.9. The van der Waals surface area contributed by atoms with Crippen molar-refractivity contribution in [2.24, 2.45) is 0 Å².